The average Bonchev–Trinajstić information content (AvgIpc) is 3.00. The molecule has 0 aliphatic carbocycles. The monoisotopic (exact) mass is 348 g/mol. The molecule has 0 fully saturated rings. The second-order valence-corrected chi connectivity index (χ2v) is 7.51. The Morgan fingerprint density at radius 1 is 1.42 bits per heavy atom. The first-order valence-electron chi connectivity index (χ1n) is 7.79. The highest BCUT2D eigenvalue weighted by molar-refractivity contribution is 7.18. The Morgan fingerprint density at radius 2 is 2.17 bits per heavy atom. The van der Waals surface area contributed by atoms with E-state index in [1.807, 2.05) is 20.8 Å². The Hall–Kier alpha value is -2.22. The Balaban J connectivity index is 1.66. The number of H-pyrrole nitrogens is 1. The molecule has 8 heteroatoms. The van der Waals surface area contributed by atoms with E-state index in [-0.39, 0.29) is 11.5 Å². The summed E-state index contributed by atoms with van der Waals surface area (Å²) in [6, 6.07) is 0. The van der Waals surface area contributed by atoms with E-state index in [9.17, 15) is 9.59 Å². The Bertz CT molecular complexity index is 899. The number of carbonyl (C=O) groups is 1. The molecule has 128 valence electrons. The Kier molecular flexibility index (Phi) is 4.16. The summed E-state index contributed by atoms with van der Waals surface area (Å²) in [5, 5.41) is 7.31. The SMILES string of the molecule is CC1=NOC(C)(C(=O)NCCc2nc3sc(C)c(C)c3c(=O)[nH]2)C1. The van der Waals surface area contributed by atoms with Gasteiger partial charge in [0.05, 0.1) is 11.1 Å². The van der Waals surface area contributed by atoms with Crippen molar-refractivity contribution in [3.8, 4) is 0 Å². The predicted molar refractivity (Wildman–Crippen MR) is 93.6 cm³/mol. The fourth-order valence-electron chi connectivity index (χ4n) is 2.75. The summed E-state index contributed by atoms with van der Waals surface area (Å²) < 4.78 is 0. The van der Waals surface area contributed by atoms with Crippen LogP contribution in [0.2, 0.25) is 0 Å². The zero-order valence-corrected chi connectivity index (χ0v) is 15.0. The summed E-state index contributed by atoms with van der Waals surface area (Å²) in [5.41, 5.74) is 0.702. The van der Waals surface area contributed by atoms with Crippen molar-refractivity contribution in [1.29, 1.82) is 0 Å². The molecular formula is C16H20N4O3S. The lowest BCUT2D eigenvalue weighted by Crippen LogP contribution is -2.45. The number of fused-ring (bicyclic) bond motifs is 1. The summed E-state index contributed by atoms with van der Waals surface area (Å²) in [4.78, 5) is 38.8. The Morgan fingerprint density at radius 3 is 2.83 bits per heavy atom. The van der Waals surface area contributed by atoms with Crippen LogP contribution in [-0.2, 0) is 16.1 Å². The van der Waals surface area contributed by atoms with Crippen molar-refractivity contribution in [2.75, 3.05) is 6.54 Å². The number of amides is 1. The quantitative estimate of drug-likeness (QED) is 0.881. The summed E-state index contributed by atoms with van der Waals surface area (Å²) in [7, 11) is 0. The van der Waals surface area contributed by atoms with Crippen LogP contribution in [0, 0.1) is 13.8 Å². The third-order valence-electron chi connectivity index (χ3n) is 4.21. The first-order chi connectivity index (χ1) is 11.3. The molecule has 0 saturated heterocycles. The maximum absolute atomic E-state index is 12.2. The molecule has 0 spiro atoms. The first-order valence-corrected chi connectivity index (χ1v) is 8.60. The molecule has 0 saturated carbocycles. The highest BCUT2D eigenvalue weighted by Gasteiger charge is 2.40. The molecule has 1 aliphatic rings. The minimum absolute atomic E-state index is 0.127. The molecule has 2 N–H and O–H groups in total. The highest BCUT2D eigenvalue weighted by atomic mass is 32.1. The molecule has 1 amide bonds. The van der Waals surface area contributed by atoms with Crippen LogP contribution in [0.3, 0.4) is 0 Å². The van der Waals surface area contributed by atoms with E-state index in [2.05, 4.69) is 20.4 Å². The van der Waals surface area contributed by atoms with Gasteiger partial charge in [-0.1, -0.05) is 5.16 Å². The number of aryl methyl sites for hydroxylation is 2. The number of hydrogen-bond acceptors (Lipinski definition) is 6. The smallest absolute Gasteiger partial charge is 0.267 e. The van der Waals surface area contributed by atoms with Crippen LogP contribution >= 0.6 is 11.3 Å². The highest BCUT2D eigenvalue weighted by Crippen LogP contribution is 2.26. The molecular weight excluding hydrogens is 328 g/mol. The van der Waals surface area contributed by atoms with E-state index in [0.29, 0.717) is 30.6 Å². The average molecular weight is 348 g/mol. The van der Waals surface area contributed by atoms with Crippen LogP contribution in [0.4, 0.5) is 0 Å². The molecule has 0 bridgehead atoms. The van der Waals surface area contributed by atoms with Gasteiger partial charge in [-0.2, -0.15) is 0 Å². The van der Waals surface area contributed by atoms with Crippen LogP contribution in [0.25, 0.3) is 10.2 Å². The topological polar surface area (TPSA) is 96.4 Å². The van der Waals surface area contributed by atoms with E-state index >= 15 is 0 Å². The maximum atomic E-state index is 12.2. The number of thiophene rings is 1. The third-order valence-corrected chi connectivity index (χ3v) is 5.31. The van der Waals surface area contributed by atoms with Gasteiger partial charge in [-0.3, -0.25) is 9.59 Å². The van der Waals surface area contributed by atoms with E-state index in [4.69, 9.17) is 4.84 Å². The molecule has 7 nitrogen and oxygen atoms in total. The van der Waals surface area contributed by atoms with Gasteiger partial charge in [0.1, 0.15) is 10.7 Å². The van der Waals surface area contributed by atoms with Crippen LogP contribution in [0.5, 0.6) is 0 Å². The van der Waals surface area contributed by atoms with E-state index in [0.717, 1.165) is 21.0 Å². The van der Waals surface area contributed by atoms with E-state index in [1.54, 1.807) is 6.92 Å². The lowest BCUT2D eigenvalue weighted by Gasteiger charge is -2.20. The number of nitrogens with zero attached hydrogens (tertiary/aromatic N) is 2. The lowest BCUT2D eigenvalue weighted by atomic mass is 9.99. The number of rotatable bonds is 4. The molecule has 3 heterocycles. The number of aromatic nitrogens is 2. The second kappa shape index (κ2) is 6.01. The zero-order valence-electron chi connectivity index (χ0n) is 14.1. The number of hydrogen-bond donors (Lipinski definition) is 2. The van der Waals surface area contributed by atoms with Gasteiger partial charge in [0.2, 0.25) is 5.60 Å². The van der Waals surface area contributed by atoms with Gasteiger partial charge in [-0.05, 0) is 33.3 Å². The summed E-state index contributed by atoms with van der Waals surface area (Å²) in [5.74, 6) is 0.355. The predicted octanol–water partition coefficient (Wildman–Crippen LogP) is 1.82. The Labute approximate surface area is 143 Å². The molecule has 0 aromatic carbocycles. The van der Waals surface area contributed by atoms with Gasteiger partial charge >= 0.3 is 0 Å². The van der Waals surface area contributed by atoms with Gasteiger partial charge < -0.3 is 15.1 Å². The third kappa shape index (κ3) is 2.93. The number of aromatic amines is 1. The van der Waals surface area contributed by atoms with Crippen molar-refractivity contribution < 1.29 is 9.63 Å². The fourth-order valence-corrected chi connectivity index (χ4v) is 3.80. The van der Waals surface area contributed by atoms with Gasteiger partial charge in [-0.15, -0.1) is 11.3 Å². The largest absolute Gasteiger partial charge is 0.379 e. The maximum Gasteiger partial charge on any atom is 0.267 e. The minimum Gasteiger partial charge on any atom is -0.379 e. The molecule has 2 aromatic heterocycles. The van der Waals surface area contributed by atoms with Crippen LogP contribution in [0.1, 0.15) is 36.5 Å². The molecule has 1 atom stereocenters. The van der Waals surface area contributed by atoms with Crippen LogP contribution in [0.15, 0.2) is 9.95 Å². The molecule has 3 rings (SSSR count). The summed E-state index contributed by atoms with van der Waals surface area (Å²) in [6.07, 6.45) is 0.927. The normalized spacial score (nSPS) is 20.1. The molecule has 24 heavy (non-hydrogen) atoms. The van der Waals surface area contributed by atoms with Gasteiger partial charge in [0, 0.05) is 24.3 Å². The standard InChI is InChI=1S/C16H20N4O3S/c1-8-7-16(4,23-20-8)15(22)17-6-5-11-18-13(21)12-9(2)10(3)24-14(12)19-11/h5-7H2,1-4H3,(H,17,22)(H,18,19,21). The van der Waals surface area contributed by atoms with Gasteiger partial charge in [-0.25, -0.2) is 4.98 Å². The lowest BCUT2D eigenvalue weighted by molar-refractivity contribution is -0.141. The molecule has 0 radical (unpaired) electrons. The van der Waals surface area contributed by atoms with Crippen molar-refractivity contribution in [3.63, 3.8) is 0 Å². The van der Waals surface area contributed by atoms with Gasteiger partial charge in [0.15, 0.2) is 0 Å². The molecule has 1 aliphatic heterocycles. The second-order valence-electron chi connectivity index (χ2n) is 6.31. The molecule has 2 aromatic rings. The van der Waals surface area contributed by atoms with E-state index in [1.165, 1.54) is 11.3 Å². The van der Waals surface area contributed by atoms with Crippen molar-refractivity contribution in [1.82, 2.24) is 15.3 Å². The van der Waals surface area contributed by atoms with E-state index < -0.39 is 5.60 Å². The molecule has 1 unspecified atom stereocenters. The van der Waals surface area contributed by atoms with Crippen LogP contribution < -0.4 is 10.9 Å². The first kappa shape index (κ1) is 16.6. The zero-order chi connectivity index (χ0) is 17.5. The van der Waals surface area contributed by atoms with Crippen molar-refractivity contribution in [2.24, 2.45) is 5.16 Å². The van der Waals surface area contributed by atoms with Crippen LogP contribution in [-0.4, -0.2) is 33.7 Å². The summed E-state index contributed by atoms with van der Waals surface area (Å²) in [6.45, 7) is 7.82. The van der Waals surface area contributed by atoms with Crippen molar-refractivity contribution >= 4 is 33.2 Å². The van der Waals surface area contributed by atoms with Crippen molar-refractivity contribution in [2.45, 2.75) is 46.1 Å². The minimum atomic E-state index is -0.948. The summed E-state index contributed by atoms with van der Waals surface area (Å²) >= 11 is 1.51. The number of nitrogens with one attached hydrogen (secondary N) is 2. The van der Waals surface area contributed by atoms with Crippen molar-refractivity contribution in [3.05, 3.63) is 26.6 Å². The van der Waals surface area contributed by atoms with Gasteiger partial charge in [0.25, 0.3) is 11.5 Å². The number of oxime groups is 1. The fraction of sp³-hybridized carbons (Fsp3) is 0.500. The number of carbonyl (C=O) groups excluding carboxylic acids is 1.